The lowest BCUT2D eigenvalue weighted by atomic mass is 9.92. The van der Waals surface area contributed by atoms with Gasteiger partial charge in [0, 0.05) is 19.0 Å². The van der Waals surface area contributed by atoms with Crippen molar-refractivity contribution < 1.29 is 9.53 Å². The van der Waals surface area contributed by atoms with E-state index < -0.39 is 5.60 Å². The first-order valence-electron chi connectivity index (χ1n) is 7.16. The third-order valence-electron chi connectivity index (χ3n) is 3.46. The molecule has 1 saturated heterocycles. The molecule has 1 aliphatic heterocycles. The minimum atomic E-state index is -0.465. The van der Waals surface area contributed by atoms with Gasteiger partial charge in [-0.25, -0.2) is 9.78 Å². The average Bonchev–Trinajstić information content (AvgIpc) is 2.40. The van der Waals surface area contributed by atoms with Gasteiger partial charge in [-0.1, -0.05) is 11.6 Å². The van der Waals surface area contributed by atoms with Gasteiger partial charge in [-0.3, -0.25) is 0 Å². The lowest BCUT2D eigenvalue weighted by Gasteiger charge is -2.33. The van der Waals surface area contributed by atoms with Gasteiger partial charge in [0.15, 0.2) is 0 Å². The summed E-state index contributed by atoms with van der Waals surface area (Å²) in [4.78, 5) is 18.1. The molecule has 1 aromatic heterocycles. The lowest BCUT2D eigenvalue weighted by Crippen LogP contribution is -2.41. The summed E-state index contributed by atoms with van der Waals surface area (Å²) in [5.41, 5.74) is 7.01. The van der Waals surface area contributed by atoms with Crippen molar-refractivity contribution in [1.82, 2.24) is 9.88 Å². The maximum Gasteiger partial charge on any atom is 0.410 e. The Morgan fingerprint density at radius 1 is 1.38 bits per heavy atom. The molecule has 5 nitrogen and oxygen atoms in total. The second kappa shape index (κ2) is 6.10. The molecule has 0 unspecified atom stereocenters. The third-order valence-corrected chi connectivity index (χ3v) is 3.67. The summed E-state index contributed by atoms with van der Waals surface area (Å²) in [6.07, 6.45) is 1.38. The van der Waals surface area contributed by atoms with Crippen molar-refractivity contribution >= 4 is 23.4 Å². The molecular formula is C15H22ClN3O2. The van der Waals surface area contributed by atoms with E-state index in [1.165, 1.54) is 0 Å². The molecule has 1 fully saturated rings. The molecule has 2 N–H and O–H groups in total. The Morgan fingerprint density at radius 2 is 2.00 bits per heavy atom. The van der Waals surface area contributed by atoms with Crippen molar-refractivity contribution in [2.75, 3.05) is 18.8 Å². The van der Waals surface area contributed by atoms with Gasteiger partial charge in [0.2, 0.25) is 0 Å². The first-order chi connectivity index (χ1) is 9.76. The highest BCUT2D eigenvalue weighted by Gasteiger charge is 2.28. The van der Waals surface area contributed by atoms with Gasteiger partial charge in [0.1, 0.15) is 10.8 Å². The van der Waals surface area contributed by atoms with Gasteiger partial charge in [0.05, 0.1) is 11.4 Å². The Kier molecular flexibility index (Phi) is 4.61. The summed E-state index contributed by atoms with van der Waals surface area (Å²) in [6, 6.07) is 3.47. The van der Waals surface area contributed by atoms with Gasteiger partial charge in [0.25, 0.3) is 0 Å². The van der Waals surface area contributed by atoms with Crippen molar-refractivity contribution in [2.45, 2.75) is 45.1 Å². The average molecular weight is 312 g/mol. The SMILES string of the molecule is CC(C)(C)OC(=O)N1CCC(c2nc(Cl)ccc2N)CC1. The molecule has 6 heteroatoms. The zero-order valence-corrected chi connectivity index (χ0v) is 13.5. The first kappa shape index (κ1) is 15.9. The van der Waals surface area contributed by atoms with Crippen molar-refractivity contribution in [3.05, 3.63) is 23.0 Å². The molecular weight excluding hydrogens is 290 g/mol. The van der Waals surface area contributed by atoms with E-state index in [2.05, 4.69) is 4.98 Å². The number of anilines is 1. The number of hydrogen-bond acceptors (Lipinski definition) is 4. The van der Waals surface area contributed by atoms with Gasteiger partial charge in [-0.15, -0.1) is 0 Å². The Morgan fingerprint density at radius 3 is 2.57 bits per heavy atom. The second-order valence-electron chi connectivity index (χ2n) is 6.35. The molecule has 1 aliphatic rings. The monoisotopic (exact) mass is 311 g/mol. The van der Waals surface area contributed by atoms with Crippen molar-refractivity contribution in [2.24, 2.45) is 0 Å². The number of halogens is 1. The Bertz CT molecular complexity index is 520. The third kappa shape index (κ3) is 4.24. The molecule has 2 heterocycles. The summed E-state index contributed by atoms with van der Waals surface area (Å²) < 4.78 is 5.39. The molecule has 21 heavy (non-hydrogen) atoms. The number of nitrogens with two attached hydrogens (primary N) is 1. The van der Waals surface area contributed by atoms with E-state index in [1.807, 2.05) is 20.8 Å². The second-order valence-corrected chi connectivity index (χ2v) is 6.74. The fourth-order valence-corrected chi connectivity index (χ4v) is 2.60. The number of likely N-dealkylation sites (tertiary alicyclic amines) is 1. The molecule has 1 amide bonds. The van der Waals surface area contributed by atoms with E-state index in [4.69, 9.17) is 22.1 Å². The highest BCUT2D eigenvalue weighted by molar-refractivity contribution is 6.29. The van der Waals surface area contributed by atoms with Crippen molar-refractivity contribution in [3.8, 4) is 0 Å². The predicted octanol–water partition coefficient (Wildman–Crippen LogP) is 3.43. The number of aromatic nitrogens is 1. The number of hydrogen-bond donors (Lipinski definition) is 1. The molecule has 0 bridgehead atoms. The van der Waals surface area contributed by atoms with Crippen LogP contribution in [0.4, 0.5) is 10.5 Å². The molecule has 0 saturated carbocycles. The number of amides is 1. The van der Waals surface area contributed by atoms with E-state index in [1.54, 1.807) is 17.0 Å². The van der Waals surface area contributed by atoms with Crippen LogP contribution in [0.25, 0.3) is 0 Å². The summed E-state index contributed by atoms with van der Waals surface area (Å²) in [5, 5.41) is 0.453. The largest absolute Gasteiger partial charge is 0.444 e. The van der Waals surface area contributed by atoms with E-state index in [0.717, 1.165) is 18.5 Å². The first-order valence-corrected chi connectivity index (χ1v) is 7.54. The molecule has 2 rings (SSSR count). The fraction of sp³-hybridized carbons (Fsp3) is 0.600. The zero-order chi connectivity index (χ0) is 15.6. The van der Waals surface area contributed by atoms with Crippen LogP contribution in [0.5, 0.6) is 0 Å². The van der Waals surface area contributed by atoms with Gasteiger partial charge in [-0.05, 0) is 45.7 Å². The molecule has 0 radical (unpaired) electrons. The van der Waals surface area contributed by atoms with Gasteiger partial charge >= 0.3 is 6.09 Å². The highest BCUT2D eigenvalue weighted by atomic mass is 35.5. The van der Waals surface area contributed by atoms with Gasteiger partial charge in [-0.2, -0.15) is 0 Å². The van der Waals surface area contributed by atoms with Crippen LogP contribution in [0.3, 0.4) is 0 Å². The summed E-state index contributed by atoms with van der Waals surface area (Å²) in [6.45, 7) is 6.90. The van der Waals surface area contributed by atoms with Crippen LogP contribution in [-0.4, -0.2) is 34.7 Å². The van der Waals surface area contributed by atoms with Crippen LogP contribution >= 0.6 is 11.6 Å². The van der Waals surface area contributed by atoms with Crippen LogP contribution in [0, 0.1) is 0 Å². The Labute approximate surface area is 130 Å². The van der Waals surface area contributed by atoms with E-state index >= 15 is 0 Å². The quantitative estimate of drug-likeness (QED) is 0.807. The number of ether oxygens (including phenoxy) is 1. The van der Waals surface area contributed by atoms with E-state index in [0.29, 0.717) is 23.9 Å². The number of nitrogens with zero attached hydrogens (tertiary/aromatic N) is 2. The number of carbonyl (C=O) groups is 1. The predicted molar refractivity (Wildman–Crippen MR) is 83.4 cm³/mol. The minimum absolute atomic E-state index is 0.238. The molecule has 116 valence electrons. The molecule has 0 spiro atoms. The van der Waals surface area contributed by atoms with Crippen LogP contribution in [0.15, 0.2) is 12.1 Å². The van der Waals surface area contributed by atoms with Crippen LogP contribution in [0.1, 0.15) is 45.2 Å². The molecule has 0 atom stereocenters. The summed E-state index contributed by atoms with van der Waals surface area (Å²) in [5.74, 6) is 0.238. The van der Waals surface area contributed by atoms with E-state index in [-0.39, 0.29) is 12.0 Å². The lowest BCUT2D eigenvalue weighted by molar-refractivity contribution is 0.0204. The number of rotatable bonds is 1. The number of pyridine rings is 1. The number of nitrogen functional groups attached to an aromatic ring is 1. The van der Waals surface area contributed by atoms with Gasteiger partial charge < -0.3 is 15.4 Å². The van der Waals surface area contributed by atoms with Crippen LogP contribution < -0.4 is 5.73 Å². The van der Waals surface area contributed by atoms with Crippen molar-refractivity contribution in [1.29, 1.82) is 0 Å². The Hall–Kier alpha value is -1.49. The Balaban J connectivity index is 1.97. The van der Waals surface area contributed by atoms with Crippen LogP contribution in [0.2, 0.25) is 5.15 Å². The summed E-state index contributed by atoms with van der Waals surface area (Å²) >= 11 is 5.94. The maximum atomic E-state index is 12.0. The normalized spacial score (nSPS) is 16.9. The fourth-order valence-electron chi connectivity index (χ4n) is 2.45. The molecule has 0 aromatic carbocycles. The highest BCUT2D eigenvalue weighted by Crippen LogP contribution is 2.31. The zero-order valence-electron chi connectivity index (χ0n) is 12.7. The minimum Gasteiger partial charge on any atom is -0.444 e. The van der Waals surface area contributed by atoms with E-state index in [9.17, 15) is 4.79 Å². The smallest absolute Gasteiger partial charge is 0.410 e. The molecule has 1 aromatic rings. The number of piperidine rings is 1. The topological polar surface area (TPSA) is 68.5 Å². The molecule has 0 aliphatic carbocycles. The summed E-state index contributed by atoms with van der Waals surface area (Å²) in [7, 11) is 0. The van der Waals surface area contributed by atoms with Crippen LogP contribution in [-0.2, 0) is 4.74 Å². The number of carbonyl (C=O) groups excluding carboxylic acids is 1. The maximum absolute atomic E-state index is 12.0. The van der Waals surface area contributed by atoms with Crippen molar-refractivity contribution in [3.63, 3.8) is 0 Å². The standard InChI is InChI=1S/C15H22ClN3O2/c1-15(2,3)21-14(20)19-8-6-10(7-9-19)13-11(17)4-5-12(16)18-13/h4-5,10H,6-9,17H2,1-3H3.